The van der Waals surface area contributed by atoms with Crippen molar-refractivity contribution in [2.45, 2.75) is 18.3 Å². The summed E-state index contributed by atoms with van der Waals surface area (Å²) in [5.41, 5.74) is 0.532. The molecule has 2 radical (unpaired) electrons. The second-order valence-electron chi connectivity index (χ2n) is 5.06. The third-order valence-corrected chi connectivity index (χ3v) is 3.68. The molecule has 0 aromatic carbocycles. The Morgan fingerprint density at radius 3 is 2.61 bits per heavy atom. The Hall–Kier alpha value is -1.42. The smallest absolute Gasteiger partial charge is 0.232 e. The summed E-state index contributed by atoms with van der Waals surface area (Å²) in [5, 5.41) is 0. The number of carbonyl (C=O) groups is 1. The van der Waals surface area contributed by atoms with Crippen molar-refractivity contribution in [1.29, 1.82) is 0 Å². The summed E-state index contributed by atoms with van der Waals surface area (Å²) in [6.07, 6.45) is 5.02. The second kappa shape index (κ2) is 5.06. The number of hydrogen-bond acceptors (Lipinski definition) is 3. The molecule has 0 atom stereocenters. The maximum absolute atomic E-state index is 12.6. The highest BCUT2D eigenvalue weighted by molar-refractivity contribution is 5.88. The van der Waals surface area contributed by atoms with Gasteiger partial charge in [0.05, 0.1) is 5.41 Å². The molecule has 2 heterocycles. The van der Waals surface area contributed by atoms with Crippen LogP contribution in [0.15, 0.2) is 24.5 Å². The SMILES string of the molecule is [CH]N1CCC(C(=O)N(C)C)(c2cccnc2)CC1. The zero-order chi connectivity index (χ0) is 13.2. The molecule has 1 amide bonds. The molecular weight excluding hydrogens is 226 g/mol. The first kappa shape index (κ1) is 13.0. The topological polar surface area (TPSA) is 36.4 Å². The van der Waals surface area contributed by atoms with Gasteiger partial charge in [0.2, 0.25) is 5.91 Å². The Morgan fingerprint density at radius 1 is 1.44 bits per heavy atom. The molecule has 0 unspecified atom stereocenters. The highest BCUT2D eigenvalue weighted by Gasteiger charge is 2.43. The molecule has 96 valence electrons. The van der Waals surface area contributed by atoms with Crippen molar-refractivity contribution in [1.82, 2.24) is 14.8 Å². The van der Waals surface area contributed by atoms with E-state index in [4.69, 9.17) is 7.05 Å². The molecule has 0 bridgehead atoms. The zero-order valence-corrected chi connectivity index (χ0v) is 11.0. The van der Waals surface area contributed by atoms with Gasteiger partial charge in [0, 0.05) is 33.5 Å². The molecule has 1 fully saturated rings. The van der Waals surface area contributed by atoms with E-state index in [0.717, 1.165) is 31.5 Å². The second-order valence-corrected chi connectivity index (χ2v) is 5.06. The Labute approximate surface area is 109 Å². The van der Waals surface area contributed by atoms with E-state index in [2.05, 4.69) is 4.98 Å². The first-order valence-electron chi connectivity index (χ1n) is 6.18. The summed E-state index contributed by atoms with van der Waals surface area (Å²) in [6, 6.07) is 3.87. The number of likely N-dealkylation sites (N-methyl/N-ethyl adjacent to an activating group) is 1. The number of likely N-dealkylation sites (tertiary alicyclic amines) is 1. The lowest BCUT2D eigenvalue weighted by Gasteiger charge is -2.40. The Bertz CT molecular complexity index is 408. The predicted octanol–water partition coefficient (Wildman–Crippen LogP) is 1.17. The molecule has 1 aliphatic heterocycles. The molecule has 4 heteroatoms. The van der Waals surface area contributed by atoms with E-state index in [1.165, 1.54) is 0 Å². The van der Waals surface area contributed by atoms with Crippen LogP contribution in [0.2, 0.25) is 0 Å². The molecule has 1 aromatic heterocycles. The molecular formula is C14H19N3O. The van der Waals surface area contributed by atoms with Gasteiger partial charge in [0.25, 0.3) is 0 Å². The average molecular weight is 245 g/mol. The zero-order valence-electron chi connectivity index (χ0n) is 11.0. The maximum Gasteiger partial charge on any atom is 0.232 e. The number of pyridine rings is 1. The molecule has 1 aromatic rings. The van der Waals surface area contributed by atoms with Crippen LogP contribution in [0.3, 0.4) is 0 Å². The summed E-state index contributed by atoms with van der Waals surface area (Å²) in [7, 11) is 9.40. The van der Waals surface area contributed by atoms with E-state index in [1.807, 2.05) is 12.1 Å². The summed E-state index contributed by atoms with van der Waals surface area (Å²) < 4.78 is 0. The van der Waals surface area contributed by atoms with Crippen molar-refractivity contribution in [3.05, 3.63) is 37.1 Å². The van der Waals surface area contributed by atoms with E-state index in [9.17, 15) is 4.79 Å². The van der Waals surface area contributed by atoms with Crippen LogP contribution in [0, 0.1) is 7.05 Å². The molecule has 1 saturated heterocycles. The number of carbonyl (C=O) groups excluding carboxylic acids is 1. The van der Waals surface area contributed by atoms with Gasteiger partial charge in [-0.25, -0.2) is 0 Å². The molecule has 0 saturated carbocycles. The molecule has 0 N–H and O–H groups in total. The van der Waals surface area contributed by atoms with Gasteiger partial charge >= 0.3 is 0 Å². The van der Waals surface area contributed by atoms with Crippen LogP contribution >= 0.6 is 0 Å². The lowest BCUT2D eigenvalue weighted by atomic mass is 9.72. The lowest BCUT2D eigenvalue weighted by molar-refractivity contribution is -0.136. The molecule has 4 nitrogen and oxygen atoms in total. The molecule has 0 aliphatic carbocycles. The first-order chi connectivity index (χ1) is 8.56. The van der Waals surface area contributed by atoms with Crippen LogP contribution in [0.4, 0.5) is 0 Å². The van der Waals surface area contributed by atoms with Gasteiger partial charge in [0.1, 0.15) is 0 Å². The molecule has 18 heavy (non-hydrogen) atoms. The van der Waals surface area contributed by atoms with Crippen molar-refractivity contribution < 1.29 is 4.79 Å². The van der Waals surface area contributed by atoms with Gasteiger partial charge in [-0.15, -0.1) is 0 Å². The van der Waals surface area contributed by atoms with E-state index >= 15 is 0 Å². The van der Waals surface area contributed by atoms with Crippen molar-refractivity contribution in [3.63, 3.8) is 0 Å². The summed E-state index contributed by atoms with van der Waals surface area (Å²) in [6.45, 7) is 1.46. The highest BCUT2D eigenvalue weighted by Crippen LogP contribution is 2.36. The number of piperidine rings is 1. The van der Waals surface area contributed by atoms with Crippen LogP contribution in [0.25, 0.3) is 0 Å². The fourth-order valence-electron chi connectivity index (χ4n) is 2.61. The van der Waals surface area contributed by atoms with Crippen LogP contribution in [-0.2, 0) is 10.2 Å². The minimum atomic E-state index is -0.465. The van der Waals surface area contributed by atoms with Gasteiger partial charge in [0.15, 0.2) is 0 Å². The Balaban J connectivity index is 2.38. The average Bonchev–Trinajstić information content (AvgIpc) is 2.40. The number of hydrogen-bond donors (Lipinski definition) is 0. The van der Waals surface area contributed by atoms with Crippen molar-refractivity contribution in [2.75, 3.05) is 27.2 Å². The minimum Gasteiger partial charge on any atom is -0.348 e. The normalized spacial score (nSPS) is 19.5. The van der Waals surface area contributed by atoms with Gasteiger partial charge < -0.3 is 4.90 Å². The van der Waals surface area contributed by atoms with E-state index in [1.54, 1.807) is 36.3 Å². The van der Waals surface area contributed by atoms with Crippen LogP contribution in [0.5, 0.6) is 0 Å². The first-order valence-corrected chi connectivity index (χ1v) is 6.18. The van der Waals surface area contributed by atoms with Gasteiger partial charge in [-0.2, -0.15) is 0 Å². The lowest BCUT2D eigenvalue weighted by Crippen LogP contribution is -2.50. The van der Waals surface area contributed by atoms with E-state index < -0.39 is 5.41 Å². The summed E-state index contributed by atoms with van der Waals surface area (Å²) in [4.78, 5) is 20.2. The summed E-state index contributed by atoms with van der Waals surface area (Å²) in [5.74, 6) is 0.142. The summed E-state index contributed by atoms with van der Waals surface area (Å²) >= 11 is 0. The van der Waals surface area contributed by atoms with E-state index in [-0.39, 0.29) is 5.91 Å². The standard InChI is InChI=1S/C14H19N3O/c1-16(2)13(18)14(6-9-17(3)10-7-14)12-5-4-8-15-11-12/h3-5,8,11H,6-7,9-10H2,1-2H3. The molecule has 2 rings (SSSR count). The number of rotatable bonds is 2. The van der Waals surface area contributed by atoms with Gasteiger partial charge in [-0.05, 0) is 37.6 Å². The van der Waals surface area contributed by atoms with Crippen LogP contribution in [0.1, 0.15) is 18.4 Å². The minimum absolute atomic E-state index is 0.142. The van der Waals surface area contributed by atoms with Crippen molar-refractivity contribution in [3.8, 4) is 0 Å². The Kier molecular flexibility index (Phi) is 3.66. The van der Waals surface area contributed by atoms with Gasteiger partial charge in [-0.1, -0.05) is 6.07 Å². The number of amides is 1. The third kappa shape index (κ3) is 2.25. The quantitative estimate of drug-likeness (QED) is 0.785. The predicted molar refractivity (Wildman–Crippen MR) is 69.7 cm³/mol. The number of nitrogens with zero attached hydrogens (tertiary/aromatic N) is 3. The molecule has 0 spiro atoms. The third-order valence-electron chi connectivity index (χ3n) is 3.68. The largest absolute Gasteiger partial charge is 0.348 e. The monoisotopic (exact) mass is 245 g/mol. The highest BCUT2D eigenvalue weighted by atomic mass is 16.2. The molecule has 1 aliphatic rings. The van der Waals surface area contributed by atoms with Crippen molar-refractivity contribution in [2.24, 2.45) is 0 Å². The fraction of sp³-hybridized carbons (Fsp3) is 0.500. The van der Waals surface area contributed by atoms with E-state index in [0.29, 0.717) is 0 Å². The number of aromatic nitrogens is 1. The fourth-order valence-corrected chi connectivity index (χ4v) is 2.61. The Morgan fingerprint density at radius 2 is 2.11 bits per heavy atom. The van der Waals surface area contributed by atoms with Crippen LogP contribution < -0.4 is 0 Å². The van der Waals surface area contributed by atoms with Gasteiger partial charge in [-0.3, -0.25) is 14.7 Å². The maximum atomic E-state index is 12.6. The van der Waals surface area contributed by atoms with Crippen molar-refractivity contribution >= 4 is 5.91 Å². The van der Waals surface area contributed by atoms with Crippen LogP contribution in [-0.4, -0.2) is 47.9 Å².